The molecule has 0 atom stereocenters. The summed E-state index contributed by atoms with van der Waals surface area (Å²) in [7, 11) is 0. The quantitative estimate of drug-likeness (QED) is 0.759. The molecule has 0 saturated heterocycles. The van der Waals surface area contributed by atoms with Gasteiger partial charge in [-0.25, -0.2) is 4.79 Å². The summed E-state index contributed by atoms with van der Waals surface area (Å²) in [6.45, 7) is 3.61. The van der Waals surface area contributed by atoms with Crippen LogP contribution in [0.2, 0.25) is 5.02 Å². The van der Waals surface area contributed by atoms with Crippen molar-refractivity contribution in [1.29, 1.82) is 0 Å². The molecule has 0 bridgehead atoms. The van der Waals surface area contributed by atoms with Gasteiger partial charge >= 0.3 is 5.69 Å². The van der Waals surface area contributed by atoms with E-state index in [1.165, 1.54) is 15.9 Å². The first-order valence-electron chi connectivity index (χ1n) is 7.69. The first-order chi connectivity index (χ1) is 11.9. The summed E-state index contributed by atoms with van der Waals surface area (Å²) in [5, 5.41) is 4.91. The van der Waals surface area contributed by atoms with E-state index in [2.05, 4.69) is 5.32 Å². The van der Waals surface area contributed by atoms with Crippen LogP contribution in [0.25, 0.3) is 10.2 Å². The molecule has 0 aliphatic heterocycles. The number of nitrogens with one attached hydrogen (secondary N) is 1. The van der Waals surface area contributed by atoms with E-state index in [0.29, 0.717) is 20.9 Å². The number of hydrogen-bond acceptors (Lipinski definition) is 4. The van der Waals surface area contributed by atoms with Gasteiger partial charge < -0.3 is 5.32 Å². The largest absolute Gasteiger partial charge is 0.331 e. The van der Waals surface area contributed by atoms with E-state index < -0.39 is 5.69 Å². The Bertz CT molecular complexity index is 1060. The molecule has 1 aromatic carbocycles. The maximum absolute atomic E-state index is 12.6. The summed E-state index contributed by atoms with van der Waals surface area (Å²) >= 11 is 7.38. The van der Waals surface area contributed by atoms with Gasteiger partial charge in [0.1, 0.15) is 11.2 Å². The third-order valence-electron chi connectivity index (χ3n) is 3.94. The van der Waals surface area contributed by atoms with Crippen LogP contribution in [-0.2, 0) is 17.9 Å². The Kier molecular flexibility index (Phi) is 4.78. The Labute approximate surface area is 152 Å². The zero-order chi connectivity index (χ0) is 18.1. The first-order valence-corrected chi connectivity index (χ1v) is 8.95. The van der Waals surface area contributed by atoms with Crippen molar-refractivity contribution in [1.82, 2.24) is 9.13 Å². The molecule has 130 valence electrons. The number of halogens is 1. The number of carbonyl (C=O) groups is 1. The summed E-state index contributed by atoms with van der Waals surface area (Å²) in [6.07, 6.45) is 0. The van der Waals surface area contributed by atoms with Crippen LogP contribution in [-0.4, -0.2) is 15.0 Å². The predicted octanol–water partition coefficient (Wildman–Crippen LogP) is 2.85. The molecule has 0 fully saturated rings. The fraction of sp³-hybridized carbons (Fsp3) is 0.235. The summed E-state index contributed by atoms with van der Waals surface area (Å²) in [4.78, 5) is 37.4. The van der Waals surface area contributed by atoms with Crippen molar-refractivity contribution in [2.24, 2.45) is 0 Å². The smallest absolute Gasteiger partial charge is 0.323 e. The van der Waals surface area contributed by atoms with Crippen LogP contribution in [0, 0.1) is 6.92 Å². The summed E-state index contributed by atoms with van der Waals surface area (Å²) in [5.74, 6) is -0.382. The van der Waals surface area contributed by atoms with E-state index >= 15 is 0 Å². The van der Waals surface area contributed by atoms with Gasteiger partial charge in [0.05, 0.1) is 16.2 Å². The molecule has 0 spiro atoms. The molecular weight excluding hydrogens is 362 g/mol. The minimum atomic E-state index is -0.496. The lowest BCUT2D eigenvalue weighted by atomic mass is 10.2. The van der Waals surface area contributed by atoms with Crippen molar-refractivity contribution < 1.29 is 4.79 Å². The van der Waals surface area contributed by atoms with Gasteiger partial charge in [0.15, 0.2) is 0 Å². The van der Waals surface area contributed by atoms with Crippen LogP contribution < -0.4 is 16.6 Å². The predicted molar refractivity (Wildman–Crippen MR) is 101 cm³/mol. The molecule has 1 N–H and O–H groups in total. The topological polar surface area (TPSA) is 73.1 Å². The zero-order valence-electron chi connectivity index (χ0n) is 13.7. The van der Waals surface area contributed by atoms with Crippen molar-refractivity contribution in [2.45, 2.75) is 26.9 Å². The average Bonchev–Trinajstić information content (AvgIpc) is 3.05. The lowest BCUT2D eigenvalue weighted by molar-refractivity contribution is -0.116. The van der Waals surface area contributed by atoms with Gasteiger partial charge in [0.2, 0.25) is 5.91 Å². The number of fused-ring (bicyclic) bond motifs is 1. The molecule has 0 aliphatic rings. The minimum Gasteiger partial charge on any atom is -0.323 e. The highest BCUT2D eigenvalue weighted by molar-refractivity contribution is 7.17. The van der Waals surface area contributed by atoms with Crippen LogP contribution in [0.3, 0.4) is 0 Å². The highest BCUT2D eigenvalue weighted by Gasteiger charge is 2.16. The number of benzene rings is 1. The lowest BCUT2D eigenvalue weighted by Crippen LogP contribution is -2.41. The van der Waals surface area contributed by atoms with E-state index in [1.54, 1.807) is 30.5 Å². The number of hydrogen-bond donors (Lipinski definition) is 1. The molecule has 8 heteroatoms. The van der Waals surface area contributed by atoms with Gasteiger partial charge in [0.25, 0.3) is 5.56 Å². The van der Waals surface area contributed by atoms with Crippen LogP contribution in [0.15, 0.2) is 39.2 Å². The van der Waals surface area contributed by atoms with Crippen LogP contribution >= 0.6 is 22.9 Å². The fourth-order valence-corrected chi connectivity index (χ4v) is 3.79. The standard InChI is InChI=1S/C17H16ClN3O3S/c1-3-20-16(23)15-12(7-8-25-15)21(17(20)24)9-13(22)19-14-10(2)5-4-6-11(14)18/h4-8H,3,9H2,1-2H3,(H,19,22). The number of aromatic nitrogens is 2. The first kappa shape index (κ1) is 17.4. The maximum atomic E-state index is 12.6. The third kappa shape index (κ3) is 3.12. The second kappa shape index (κ2) is 6.85. The Morgan fingerprint density at radius 2 is 2.00 bits per heavy atom. The molecule has 0 saturated carbocycles. The number of anilines is 1. The fourth-order valence-electron chi connectivity index (χ4n) is 2.68. The number of nitrogens with zero attached hydrogens (tertiary/aromatic N) is 2. The number of amides is 1. The second-order valence-electron chi connectivity index (χ2n) is 5.53. The zero-order valence-corrected chi connectivity index (χ0v) is 15.3. The highest BCUT2D eigenvalue weighted by Crippen LogP contribution is 2.25. The van der Waals surface area contributed by atoms with E-state index in [0.717, 1.165) is 10.1 Å². The molecule has 2 heterocycles. The van der Waals surface area contributed by atoms with Gasteiger partial charge in [-0.3, -0.25) is 18.7 Å². The van der Waals surface area contributed by atoms with E-state index in [4.69, 9.17) is 11.6 Å². The van der Waals surface area contributed by atoms with Crippen LogP contribution in [0.4, 0.5) is 5.69 Å². The summed E-state index contributed by atoms with van der Waals surface area (Å²) in [6, 6.07) is 6.99. The highest BCUT2D eigenvalue weighted by atomic mass is 35.5. The molecule has 2 aromatic heterocycles. The van der Waals surface area contributed by atoms with Gasteiger partial charge in [-0.05, 0) is 36.9 Å². The second-order valence-corrected chi connectivity index (χ2v) is 6.86. The van der Waals surface area contributed by atoms with Gasteiger partial charge in [-0.1, -0.05) is 23.7 Å². The molecule has 0 aliphatic carbocycles. The number of carbonyl (C=O) groups excluding carboxylic acids is 1. The van der Waals surface area contributed by atoms with Crippen molar-refractivity contribution in [2.75, 3.05) is 5.32 Å². The molecule has 25 heavy (non-hydrogen) atoms. The molecule has 6 nitrogen and oxygen atoms in total. The van der Waals surface area contributed by atoms with Gasteiger partial charge in [-0.2, -0.15) is 0 Å². The van der Waals surface area contributed by atoms with E-state index in [-0.39, 0.29) is 24.6 Å². The normalized spacial score (nSPS) is 11.0. The monoisotopic (exact) mass is 377 g/mol. The molecule has 3 rings (SSSR count). The van der Waals surface area contributed by atoms with Crippen molar-refractivity contribution in [3.63, 3.8) is 0 Å². The van der Waals surface area contributed by atoms with Gasteiger partial charge in [-0.15, -0.1) is 11.3 Å². The van der Waals surface area contributed by atoms with Gasteiger partial charge in [0, 0.05) is 6.54 Å². The molecular formula is C17H16ClN3O3S. The van der Waals surface area contributed by atoms with Crippen molar-refractivity contribution in [3.8, 4) is 0 Å². The summed E-state index contributed by atoms with van der Waals surface area (Å²) in [5.41, 5.74) is 0.997. The van der Waals surface area contributed by atoms with E-state index in [1.807, 2.05) is 13.0 Å². The number of rotatable bonds is 4. The molecule has 0 unspecified atom stereocenters. The van der Waals surface area contributed by atoms with E-state index in [9.17, 15) is 14.4 Å². The Morgan fingerprint density at radius 3 is 2.68 bits per heavy atom. The minimum absolute atomic E-state index is 0.197. The summed E-state index contributed by atoms with van der Waals surface area (Å²) < 4.78 is 2.91. The number of thiophene rings is 1. The molecule has 1 amide bonds. The Balaban J connectivity index is 2.01. The third-order valence-corrected chi connectivity index (χ3v) is 5.15. The average molecular weight is 378 g/mol. The maximum Gasteiger partial charge on any atom is 0.331 e. The lowest BCUT2D eigenvalue weighted by Gasteiger charge is -2.13. The number of aryl methyl sites for hydroxylation is 1. The van der Waals surface area contributed by atoms with Crippen molar-refractivity contribution >= 4 is 44.7 Å². The van der Waals surface area contributed by atoms with Crippen molar-refractivity contribution in [3.05, 3.63) is 61.1 Å². The Morgan fingerprint density at radius 1 is 1.24 bits per heavy atom. The van der Waals surface area contributed by atoms with Crippen LogP contribution in [0.1, 0.15) is 12.5 Å². The Hall–Kier alpha value is -2.38. The molecule has 0 radical (unpaired) electrons. The van der Waals surface area contributed by atoms with Crippen LogP contribution in [0.5, 0.6) is 0 Å². The molecule has 3 aromatic rings. The SMILES string of the molecule is CCn1c(=O)c2sccc2n(CC(=O)Nc2c(C)cccc2Cl)c1=O. The number of para-hydroxylation sites is 1.